The summed E-state index contributed by atoms with van der Waals surface area (Å²) >= 11 is 1.29. The molecule has 0 aromatic carbocycles. The van der Waals surface area contributed by atoms with E-state index in [1.807, 2.05) is 24.1 Å². The number of hydrogen-bond acceptors (Lipinski definition) is 4. The molecule has 0 unspecified atom stereocenters. The van der Waals surface area contributed by atoms with Gasteiger partial charge in [-0.1, -0.05) is 0 Å². The Balaban J connectivity index is 2.24. The quantitative estimate of drug-likeness (QED) is 0.739. The molecule has 0 saturated heterocycles. The van der Waals surface area contributed by atoms with Crippen LogP contribution in [0.15, 0.2) is 23.7 Å². The lowest BCUT2D eigenvalue weighted by molar-refractivity contribution is 0.380. The van der Waals surface area contributed by atoms with Gasteiger partial charge >= 0.3 is 7.75 Å². The lowest BCUT2D eigenvalue weighted by Gasteiger charge is -2.02. The van der Waals surface area contributed by atoms with Gasteiger partial charge in [-0.05, 0) is 19.1 Å². The highest BCUT2D eigenvalue weighted by atomic mass is 32.1. The molecule has 90 valence electrons. The zero-order valence-corrected chi connectivity index (χ0v) is 10.6. The normalized spacial score (nSPS) is 11.5. The monoisotopic (exact) mass is 271 g/mol. The van der Waals surface area contributed by atoms with Gasteiger partial charge in [0.15, 0.2) is 0 Å². The Morgan fingerprint density at radius 3 is 2.76 bits per heavy atom. The Kier molecular flexibility index (Phi) is 3.26. The van der Waals surface area contributed by atoms with Crippen LogP contribution in [0.25, 0.3) is 10.6 Å². The van der Waals surface area contributed by atoms with Crippen molar-refractivity contribution >= 4 is 24.9 Å². The van der Waals surface area contributed by atoms with Crippen LogP contribution >= 0.6 is 19.1 Å². The Morgan fingerprint density at radius 2 is 2.18 bits per heavy atom. The maximum absolute atomic E-state index is 10.7. The zero-order chi connectivity index (χ0) is 12.5. The van der Waals surface area contributed by atoms with Crippen molar-refractivity contribution < 1.29 is 14.4 Å². The minimum absolute atomic E-state index is 0.166. The van der Waals surface area contributed by atoms with Gasteiger partial charge < -0.3 is 9.79 Å². The van der Waals surface area contributed by atoms with Crippen LogP contribution in [-0.2, 0) is 4.57 Å². The highest BCUT2D eigenvalue weighted by molar-refractivity contribution is 7.53. The topological polar surface area (TPSA) is 95.3 Å². The minimum Gasteiger partial charge on any atom is -0.308 e. The van der Waals surface area contributed by atoms with Crippen molar-refractivity contribution in [3.63, 3.8) is 0 Å². The number of rotatable bonds is 3. The minimum atomic E-state index is -4.30. The van der Waals surface area contributed by atoms with Gasteiger partial charge in [-0.3, -0.25) is 10.1 Å². The number of thiazole rings is 1. The summed E-state index contributed by atoms with van der Waals surface area (Å²) in [6, 6.07) is 3.72. The molecule has 2 rings (SSSR count). The second-order valence-electron chi connectivity index (χ2n) is 3.38. The van der Waals surface area contributed by atoms with Crippen LogP contribution in [0.4, 0.5) is 5.82 Å². The van der Waals surface area contributed by atoms with Crippen LogP contribution in [0.5, 0.6) is 0 Å². The molecule has 2 aromatic heterocycles. The van der Waals surface area contributed by atoms with Gasteiger partial charge in [0.25, 0.3) is 0 Å². The van der Waals surface area contributed by atoms with Crippen LogP contribution in [0.3, 0.4) is 0 Å². The molecule has 3 N–H and O–H groups in total. The summed E-state index contributed by atoms with van der Waals surface area (Å²) in [5, 5.41) is 4.24. The van der Waals surface area contributed by atoms with Crippen molar-refractivity contribution in [2.24, 2.45) is 0 Å². The molecule has 2 heterocycles. The third kappa shape index (κ3) is 3.34. The maximum Gasteiger partial charge on any atom is 0.428 e. The molecule has 0 aliphatic carbocycles. The van der Waals surface area contributed by atoms with E-state index in [4.69, 9.17) is 9.79 Å². The van der Waals surface area contributed by atoms with E-state index in [1.54, 1.807) is 11.6 Å². The molecule has 2 aromatic rings. The molecular weight excluding hydrogens is 261 g/mol. The third-order valence-electron chi connectivity index (χ3n) is 1.92. The van der Waals surface area contributed by atoms with E-state index < -0.39 is 7.75 Å². The molecule has 17 heavy (non-hydrogen) atoms. The summed E-state index contributed by atoms with van der Waals surface area (Å²) in [6.45, 7) is 1.88. The molecule has 0 aliphatic heterocycles. The van der Waals surface area contributed by atoms with Crippen LogP contribution in [0.1, 0.15) is 5.69 Å². The predicted molar refractivity (Wildman–Crippen MR) is 65.7 cm³/mol. The van der Waals surface area contributed by atoms with E-state index >= 15 is 0 Å². The van der Waals surface area contributed by atoms with Crippen LogP contribution in [0, 0.1) is 6.92 Å². The summed E-state index contributed by atoms with van der Waals surface area (Å²) in [5.74, 6) is 0.166. The molecule has 6 nitrogen and oxygen atoms in total. The summed E-state index contributed by atoms with van der Waals surface area (Å²) in [6.07, 6.45) is 1.68. The largest absolute Gasteiger partial charge is 0.428 e. The summed E-state index contributed by atoms with van der Waals surface area (Å²) in [7, 11) is -4.30. The smallest absolute Gasteiger partial charge is 0.308 e. The number of nitrogens with zero attached hydrogens (tertiary/aromatic N) is 2. The molecule has 0 atom stereocenters. The van der Waals surface area contributed by atoms with Crippen molar-refractivity contribution in [1.82, 2.24) is 9.97 Å². The highest BCUT2D eigenvalue weighted by Gasteiger charge is 2.15. The molecule has 0 bridgehead atoms. The number of hydrogen-bond donors (Lipinski definition) is 3. The highest BCUT2D eigenvalue weighted by Crippen LogP contribution is 2.36. The summed E-state index contributed by atoms with van der Waals surface area (Å²) < 4.78 is 10.7. The standard InChI is InChI=1S/C9H10N3O3PS/c1-6-2-3-7(4-10-6)9-11-8(5-17-9)12-16(13,14)15/h2-5H,1H3,(H3,12,13,14,15). The number of pyridine rings is 1. The number of nitrogens with one attached hydrogen (secondary N) is 1. The van der Waals surface area contributed by atoms with E-state index in [0.29, 0.717) is 5.01 Å². The van der Waals surface area contributed by atoms with Gasteiger partial charge in [-0.15, -0.1) is 11.3 Å². The Morgan fingerprint density at radius 1 is 1.41 bits per heavy atom. The molecule has 0 spiro atoms. The Hall–Kier alpha value is -1.27. The summed E-state index contributed by atoms with van der Waals surface area (Å²) in [4.78, 5) is 25.7. The van der Waals surface area contributed by atoms with Crippen molar-refractivity contribution in [1.29, 1.82) is 0 Å². The number of aryl methyl sites for hydroxylation is 1. The van der Waals surface area contributed by atoms with E-state index in [2.05, 4.69) is 9.97 Å². The van der Waals surface area contributed by atoms with Gasteiger partial charge in [-0.2, -0.15) is 0 Å². The first-order valence-corrected chi connectivity index (χ1v) is 7.16. The van der Waals surface area contributed by atoms with Crippen molar-refractivity contribution in [2.45, 2.75) is 6.92 Å². The van der Waals surface area contributed by atoms with Gasteiger partial charge in [0, 0.05) is 22.8 Å². The first kappa shape index (κ1) is 12.2. The van der Waals surface area contributed by atoms with E-state index in [1.165, 1.54) is 11.3 Å². The molecule has 8 heteroatoms. The average Bonchev–Trinajstić information content (AvgIpc) is 2.64. The molecule has 0 radical (unpaired) electrons. The third-order valence-corrected chi connectivity index (χ3v) is 3.33. The average molecular weight is 271 g/mol. The van der Waals surface area contributed by atoms with Gasteiger partial charge in [0.05, 0.1) is 0 Å². The SMILES string of the molecule is Cc1ccc(-c2nc(NP(=O)(O)O)cs2)cn1. The van der Waals surface area contributed by atoms with E-state index in [9.17, 15) is 4.57 Å². The van der Waals surface area contributed by atoms with Crippen LogP contribution in [0.2, 0.25) is 0 Å². The molecule has 0 amide bonds. The molecule has 0 aliphatic rings. The fraction of sp³-hybridized carbons (Fsp3) is 0.111. The lowest BCUT2D eigenvalue weighted by Crippen LogP contribution is -1.94. The molecular formula is C9H10N3O3PS. The van der Waals surface area contributed by atoms with Crippen molar-refractivity contribution in [3.05, 3.63) is 29.4 Å². The van der Waals surface area contributed by atoms with Gasteiger partial charge in [-0.25, -0.2) is 9.55 Å². The molecule has 0 fully saturated rings. The van der Waals surface area contributed by atoms with Crippen molar-refractivity contribution in [3.8, 4) is 10.6 Å². The van der Waals surface area contributed by atoms with E-state index in [0.717, 1.165) is 11.3 Å². The number of anilines is 1. The fourth-order valence-corrected chi connectivity index (χ4v) is 2.44. The lowest BCUT2D eigenvalue weighted by atomic mass is 10.3. The Labute approximate surface area is 102 Å². The second-order valence-corrected chi connectivity index (χ2v) is 5.55. The molecule has 0 saturated carbocycles. The van der Waals surface area contributed by atoms with E-state index in [-0.39, 0.29) is 5.82 Å². The fourth-order valence-electron chi connectivity index (χ4n) is 1.20. The van der Waals surface area contributed by atoms with Gasteiger partial charge in [0.1, 0.15) is 10.8 Å². The van der Waals surface area contributed by atoms with Gasteiger partial charge in [0.2, 0.25) is 0 Å². The summed E-state index contributed by atoms with van der Waals surface area (Å²) in [5.41, 5.74) is 1.72. The van der Waals surface area contributed by atoms with Crippen molar-refractivity contribution in [2.75, 3.05) is 5.09 Å². The first-order chi connectivity index (χ1) is 7.94. The van der Waals surface area contributed by atoms with Crippen LogP contribution in [-0.4, -0.2) is 19.8 Å². The van der Waals surface area contributed by atoms with Crippen LogP contribution < -0.4 is 5.09 Å². The number of aromatic nitrogens is 2. The zero-order valence-electron chi connectivity index (χ0n) is 8.86. The second kappa shape index (κ2) is 4.54. The Bertz CT molecular complexity index is 563. The first-order valence-electron chi connectivity index (χ1n) is 4.66. The maximum atomic E-state index is 10.7. The predicted octanol–water partition coefficient (Wildman–Crippen LogP) is 2.02.